The summed E-state index contributed by atoms with van der Waals surface area (Å²) in [5.74, 6) is 0. The summed E-state index contributed by atoms with van der Waals surface area (Å²) in [6, 6.07) is 0. The summed E-state index contributed by atoms with van der Waals surface area (Å²) in [7, 11) is 3.67. The number of hydrogen-bond acceptors (Lipinski definition) is 4. The zero-order chi connectivity index (χ0) is 10.6. The van der Waals surface area contributed by atoms with Crippen LogP contribution in [0.1, 0.15) is 24.5 Å². The normalized spacial score (nSPS) is 12.0. The molecule has 80 valence electrons. The third kappa shape index (κ3) is 3.36. The molecular weight excluding hydrogens is 196 g/mol. The minimum absolute atomic E-state index is 0.110. The predicted molar refractivity (Wildman–Crippen MR) is 59.7 cm³/mol. The molecule has 1 N–H and O–H groups in total. The van der Waals surface area contributed by atoms with Crippen LogP contribution < -0.4 is 5.32 Å². The smallest absolute Gasteiger partial charge is 0.119 e. The van der Waals surface area contributed by atoms with Crippen LogP contribution in [-0.2, 0) is 17.8 Å². The van der Waals surface area contributed by atoms with Crippen molar-refractivity contribution in [3.63, 3.8) is 0 Å². The molecule has 0 unspecified atom stereocenters. The quantitative estimate of drug-likeness (QED) is 0.812. The van der Waals surface area contributed by atoms with Gasteiger partial charge in [-0.25, -0.2) is 4.98 Å². The van der Waals surface area contributed by atoms with Crippen molar-refractivity contribution in [3.05, 3.63) is 16.1 Å². The van der Waals surface area contributed by atoms with E-state index in [1.54, 1.807) is 18.4 Å². The molecule has 0 aliphatic rings. The summed E-state index contributed by atoms with van der Waals surface area (Å²) in [5, 5.41) is 6.42. The van der Waals surface area contributed by atoms with Crippen LogP contribution in [0, 0.1) is 0 Å². The second-order valence-corrected chi connectivity index (χ2v) is 4.92. The fraction of sp³-hybridized carbons (Fsp3) is 0.700. The van der Waals surface area contributed by atoms with Gasteiger partial charge in [0.1, 0.15) is 5.01 Å². The fourth-order valence-electron chi connectivity index (χ4n) is 1.16. The van der Waals surface area contributed by atoms with Crippen molar-refractivity contribution in [2.24, 2.45) is 0 Å². The van der Waals surface area contributed by atoms with E-state index < -0.39 is 0 Å². The maximum atomic E-state index is 5.03. The molecule has 0 amide bonds. The highest BCUT2D eigenvalue weighted by molar-refractivity contribution is 7.09. The topological polar surface area (TPSA) is 34.1 Å². The van der Waals surface area contributed by atoms with E-state index in [9.17, 15) is 0 Å². The van der Waals surface area contributed by atoms with Gasteiger partial charge in [0.05, 0.1) is 12.3 Å². The lowest BCUT2D eigenvalue weighted by Gasteiger charge is -2.22. The summed E-state index contributed by atoms with van der Waals surface area (Å²) in [6.07, 6.45) is 0.948. The molecule has 1 rings (SSSR count). The van der Waals surface area contributed by atoms with Crippen molar-refractivity contribution in [2.45, 2.75) is 32.4 Å². The second kappa shape index (κ2) is 4.87. The first kappa shape index (κ1) is 11.6. The second-order valence-electron chi connectivity index (χ2n) is 3.98. The van der Waals surface area contributed by atoms with Crippen LogP contribution in [0.2, 0.25) is 0 Å². The van der Waals surface area contributed by atoms with Crippen molar-refractivity contribution >= 4 is 11.3 Å². The lowest BCUT2D eigenvalue weighted by Crippen LogP contribution is -2.38. The van der Waals surface area contributed by atoms with Crippen LogP contribution >= 0.6 is 11.3 Å². The Morgan fingerprint density at radius 2 is 2.29 bits per heavy atom. The van der Waals surface area contributed by atoms with E-state index in [1.807, 2.05) is 7.05 Å². The van der Waals surface area contributed by atoms with Crippen LogP contribution in [0.25, 0.3) is 0 Å². The molecule has 0 aromatic carbocycles. The Kier molecular flexibility index (Phi) is 4.04. The first-order valence-electron chi connectivity index (χ1n) is 4.68. The van der Waals surface area contributed by atoms with Crippen LogP contribution in [0.5, 0.6) is 0 Å². The first-order chi connectivity index (χ1) is 6.57. The molecule has 3 nitrogen and oxygen atoms in total. The van der Waals surface area contributed by atoms with Gasteiger partial charge in [-0.15, -0.1) is 11.3 Å². The average Bonchev–Trinajstić information content (AvgIpc) is 2.53. The third-order valence-corrected chi connectivity index (χ3v) is 3.04. The zero-order valence-electron chi connectivity index (χ0n) is 9.26. The molecule has 0 aliphatic carbocycles. The van der Waals surface area contributed by atoms with E-state index in [0.717, 1.165) is 17.1 Å². The Hall–Kier alpha value is -0.450. The van der Waals surface area contributed by atoms with Crippen LogP contribution in [0.4, 0.5) is 0 Å². The van der Waals surface area contributed by atoms with Crippen molar-refractivity contribution in [1.82, 2.24) is 10.3 Å². The van der Waals surface area contributed by atoms with Gasteiger partial charge in [0.25, 0.3) is 0 Å². The monoisotopic (exact) mass is 214 g/mol. The van der Waals surface area contributed by atoms with Crippen LogP contribution in [0.3, 0.4) is 0 Å². The largest absolute Gasteiger partial charge is 0.378 e. The highest BCUT2D eigenvalue weighted by Crippen LogP contribution is 2.16. The van der Waals surface area contributed by atoms with E-state index in [2.05, 4.69) is 29.5 Å². The molecule has 0 saturated heterocycles. The molecule has 1 aromatic rings. The lowest BCUT2D eigenvalue weighted by molar-refractivity contribution is 0.184. The molecule has 0 atom stereocenters. The highest BCUT2D eigenvalue weighted by Gasteiger charge is 2.17. The predicted octanol–water partition coefficient (Wildman–Crippen LogP) is 1.83. The van der Waals surface area contributed by atoms with Crippen molar-refractivity contribution in [1.29, 1.82) is 0 Å². The SMILES string of the molecule is CNC(C)(C)Cc1csc(COC)n1. The number of hydrogen-bond donors (Lipinski definition) is 1. The fourth-order valence-corrected chi connectivity index (χ4v) is 1.93. The van der Waals surface area contributed by atoms with Gasteiger partial charge in [-0.2, -0.15) is 0 Å². The van der Waals surface area contributed by atoms with Gasteiger partial charge >= 0.3 is 0 Å². The number of aromatic nitrogens is 1. The molecule has 1 aromatic heterocycles. The van der Waals surface area contributed by atoms with E-state index in [4.69, 9.17) is 4.74 Å². The molecule has 4 heteroatoms. The summed E-state index contributed by atoms with van der Waals surface area (Å²) in [5.41, 5.74) is 1.25. The highest BCUT2D eigenvalue weighted by atomic mass is 32.1. The number of ether oxygens (including phenoxy) is 1. The summed E-state index contributed by atoms with van der Waals surface area (Å²) >= 11 is 1.66. The maximum absolute atomic E-state index is 5.03. The van der Waals surface area contributed by atoms with Crippen LogP contribution in [-0.4, -0.2) is 24.7 Å². The molecule has 0 bridgehead atoms. The molecule has 0 spiro atoms. The zero-order valence-corrected chi connectivity index (χ0v) is 10.1. The number of nitrogens with one attached hydrogen (secondary N) is 1. The third-order valence-electron chi connectivity index (χ3n) is 2.17. The number of methoxy groups -OCH3 is 1. The summed E-state index contributed by atoms with van der Waals surface area (Å²) < 4.78 is 5.03. The average molecular weight is 214 g/mol. The Balaban J connectivity index is 2.59. The lowest BCUT2D eigenvalue weighted by atomic mass is 10.00. The summed E-state index contributed by atoms with van der Waals surface area (Å²) in [6.45, 7) is 4.95. The number of rotatable bonds is 5. The van der Waals surface area contributed by atoms with Gasteiger partial charge in [-0.1, -0.05) is 0 Å². The minimum Gasteiger partial charge on any atom is -0.378 e. The maximum Gasteiger partial charge on any atom is 0.119 e. The number of thiazole rings is 1. The molecule has 0 aliphatic heterocycles. The van der Waals surface area contributed by atoms with E-state index in [0.29, 0.717) is 6.61 Å². The minimum atomic E-state index is 0.110. The Bertz CT molecular complexity index is 283. The molecule has 14 heavy (non-hydrogen) atoms. The molecular formula is C10H18N2OS. The van der Waals surface area contributed by atoms with Gasteiger partial charge in [-0.3, -0.25) is 0 Å². The Morgan fingerprint density at radius 3 is 2.86 bits per heavy atom. The van der Waals surface area contributed by atoms with Crippen LogP contribution in [0.15, 0.2) is 5.38 Å². The van der Waals surface area contributed by atoms with Gasteiger partial charge in [0.15, 0.2) is 0 Å². The van der Waals surface area contributed by atoms with Crippen molar-refractivity contribution in [3.8, 4) is 0 Å². The molecule has 0 fully saturated rings. The van der Waals surface area contributed by atoms with Gasteiger partial charge < -0.3 is 10.1 Å². The van der Waals surface area contributed by atoms with Gasteiger partial charge in [0, 0.05) is 24.4 Å². The van der Waals surface area contributed by atoms with Gasteiger partial charge in [-0.05, 0) is 20.9 Å². The van der Waals surface area contributed by atoms with E-state index in [-0.39, 0.29) is 5.54 Å². The standard InChI is InChI=1S/C10H18N2OS/c1-10(2,11-3)5-8-7-14-9(12-8)6-13-4/h7,11H,5-6H2,1-4H3. The van der Waals surface area contributed by atoms with E-state index >= 15 is 0 Å². The van der Waals surface area contributed by atoms with Gasteiger partial charge in [0.2, 0.25) is 0 Å². The number of likely N-dealkylation sites (N-methyl/N-ethyl adjacent to an activating group) is 1. The molecule has 0 saturated carbocycles. The first-order valence-corrected chi connectivity index (χ1v) is 5.56. The van der Waals surface area contributed by atoms with Crippen molar-refractivity contribution < 1.29 is 4.74 Å². The van der Waals surface area contributed by atoms with Crippen molar-refractivity contribution in [2.75, 3.05) is 14.2 Å². The molecule has 0 radical (unpaired) electrons. The Labute approximate surface area is 89.5 Å². The number of nitrogens with zero attached hydrogens (tertiary/aromatic N) is 1. The van der Waals surface area contributed by atoms with E-state index in [1.165, 1.54) is 0 Å². The summed E-state index contributed by atoms with van der Waals surface area (Å²) in [4.78, 5) is 4.49. The Morgan fingerprint density at radius 1 is 1.57 bits per heavy atom. The molecule has 1 heterocycles.